The van der Waals surface area contributed by atoms with Crippen LogP contribution in [0.3, 0.4) is 0 Å². The van der Waals surface area contributed by atoms with Gasteiger partial charge in [-0.05, 0) is 19.9 Å². The van der Waals surface area contributed by atoms with Crippen molar-refractivity contribution in [1.29, 1.82) is 0 Å². The lowest BCUT2D eigenvalue weighted by atomic mass is 9.88. The molecule has 1 rings (SSSR count). The fourth-order valence-electron chi connectivity index (χ4n) is 1.56. The van der Waals surface area contributed by atoms with E-state index >= 15 is 0 Å². The van der Waals surface area contributed by atoms with Crippen molar-refractivity contribution in [2.24, 2.45) is 5.73 Å². The minimum Gasteiger partial charge on any atom is -0.492 e. The van der Waals surface area contributed by atoms with Gasteiger partial charge in [-0.3, -0.25) is 4.98 Å². The van der Waals surface area contributed by atoms with E-state index in [0.29, 0.717) is 0 Å². The number of pyridine rings is 1. The van der Waals surface area contributed by atoms with Crippen LogP contribution >= 0.6 is 0 Å². The Labute approximate surface area is 103 Å². The van der Waals surface area contributed by atoms with E-state index in [4.69, 9.17) is 10.5 Å². The maximum atomic E-state index is 13.0. The van der Waals surface area contributed by atoms with E-state index in [1.54, 1.807) is 6.92 Å². The molecule has 7 heteroatoms. The highest BCUT2D eigenvalue weighted by Gasteiger charge is 2.57. The number of hydrogen-bond acceptors (Lipinski definition) is 4. The Hall–Kier alpha value is -1.34. The number of aliphatic hydroxyl groups is 1. The van der Waals surface area contributed by atoms with Crippen LogP contribution in [0.2, 0.25) is 0 Å². The maximum Gasteiger partial charge on any atom is 0.423 e. The SMILES string of the molecule is CCOc1cncc(C(O)(C(C)N)C(F)(F)F)c1. The van der Waals surface area contributed by atoms with Crippen LogP contribution in [0, 0.1) is 0 Å². The molecule has 2 atom stereocenters. The Morgan fingerprint density at radius 1 is 1.44 bits per heavy atom. The quantitative estimate of drug-likeness (QED) is 0.866. The molecule has 18 heavy (non-hydrogen) atoms. The predicted octanol–water partition coefficient (Wildman–Crippen LogP) is 1.58. The van der Waals surface area contributed by atoms with Crippen LogP contribution in [0.1, 0.15) is 19.4 Å². The molecule has 2 unspecified atom stereocenters. The minimum atomic E-state index is -4.90. The van der Waals surface area contributed by atoms with E-state index in [1.807, 2.05) is 0 Å². The Morgan fingerprint density at radius 2 is 2.06 bits per heavy atom. The van der Waals surface area contributed by atoms with Crippen molar-refractivity contribution in [2.45, 2.75) is 31.7 Å². The molecule has 0 fully saturated rings. The van der Waals surface area contributed by atoms with Gasteiger partial charge in [-0.1, -0.05) is 0 Å². The zero-order valence-electron chi connectivity index (χ0n) is 10.0. The van der Waals surface area contributed by atoms with Gasteiger partial charge in [-0.15, -0.1) is 0 Å². The average molecular weight is 264 g/mol. The second-order valence-electron chi connectivity index (χ2n) is 3.90. The van der Waals surface area contributed by atoms with Crippen molar-refractivity contribution < 1.29 is 23.0 Å². The number of aromatic nitrogens is 1. The molecule has 0 bridgehead atoms. The van der Waals surface area contributed by atoms with Gasteiger partial charge in [0.25, 0.3) is 0 Å². The largest absolute Gasteiger partial charge is 0.492 e. The third-order valence-electron chi connectivity index (χ3n) is 2.56. The van der Waals surface area contributed by atoms with Crippen molar-refractivity contribution in [3.63, 3.8) is 0 Å². The van der Waals surface area contributed by atoms with Crippen LogP contribution in [0.5, 0.6) is 5.75 Å². The van der Waals surface area contributed by atoms with E-state index in [0.717, 1.165) is 19.2 Å². The molecule has 0 saturated carbocycles. The Bertz CT molecular complexity index is 410. The highest BCUT2D eigenvalue weighted by molar-refractivity contribution is 5.30. The normalized spacial score (nSPS) is 17.1. The van der Waals surface area contributed by atoms with Gasteiger partial charge in [0.15, 0.2) is 0 Å². The lowest BCUT2D eigenvalue weighted by Gasteiger charge is -2.34. The van der Waals surface area contributed by atoms with Crippen molar-refractivity contribution in [3.8, 4) is 5.75 Å². The third-order valence-corrected chi connectivity index (χ3v) is 2.56. The molecule has 0 aliphatic rings. The van der Waals surface area contributed by atoms with Gasteiger partial charge in [0.05, 0.1) is 12.8 Å². The molecule has 102 valence electrons. The van der Waals surface area contributed by atoms with Crippen molar-refractivity contribution in [2.75, 3.05) is 6.61 Å². The molecule has 0 aliphatic carbocycles. The van der Waals surface area contributed by atoms with E-state index in [2.05, 4.69) is 4.98 Å². The smallest absolute Gasteiger partial charge is 0.423 e. The Kier molecular flexibility index (Phi) is 4.18. The van der Waals surface area contributed by atoms with Crippen molar-refractivity contribution >= 4 is 0 Å². The monoisotopic (exact) mass is 264 g/mol. The predicted molar refractivity (Wildman–Crippen MR) is 59.0 cm³/mol. The molecule has 0 aliphatic heterocycles. The van der Waals surface area contributed by atoms with Gasteiger partial charge in [0.2, 0.25) is 5.60 Å². The maximum absolute atomic E-state index is 13.0. The van der Waals surface area contributed by atoms with Crippen molar-refractivity contribution in [1.82, 2.24) is 4.98 Å². The third kappa shape index (κ3) is 2.56. The summed E-state index contributed by atoms with van der Waals surface area (Å²) in [7, 11) is 0. The fraction of sp³-hybridized carbons (Fsp3) is 0.545. The summed E-state index contributed by atoms with van der Waals surface area (Å²) in [6.07, 6.45) is -2.70. The zero-order valence-corrected chi connectivity index (χ0v) is 10.0. The zero-order chi connectivity index (χ0) is 14.0. The molecule has 1 heterocycles. The van der Waals surface area contributed by atoms with Crippen LogP contribution in [-0.2, 0) is 5.60 Å². The van der Waals surface area contributed by atoms with Gasteiger partial charge in [-0.2, -0.15) is 13.2 Å². The number of ether oxygens (including phenoxy) is 1. The van der Waals surface area contributed by atoms with Gasteiger partial charge in [0, 0.05) is 17.8 Å². The first-order chi connectivity index (χ1) is 8.23. The summed E-state index contributed by atoms with van der Waals surface area (Å²) in [4.78, 5) is 3.62. The van der Waals surface area contributed by atoms with Gasteiger partial charge in [-0.25, -0.2) is 0 Å². The summed E-state index contributed by atoms with van der Waals surface area (Å²) in [5.74, 6) is 0.151. The number of rotatable bonds is 4. The second kappa shape index (κ2) is 5.11. The number of nitrogens with zero attached hydrogens (tertiary/aromatic N) is 1. The average Bonchev–Trinajstić information content (AvgIpc) is 2.27. The lowest BCUT2D eigenvalue weighted by Crippen LogP contribution is -2.54. The molecule has 0 spiro atoms. The fourth-order valence-corrected chi connectivity index (χ4v) is 1.56. The van der Waals surface area contributed by atoms with Crippen LogP contribution in [0.15, 0.2) is 18.5 Å². The molecule has 1 aromatic heterocycles. The second-order valence-corrected chi connectivity index (χ2v) is 3.90. The van der Waals surface area contributed by atoms with E-state index in [9.17, 15) is 18.3 Å². The number of halogens is 3. The van der Waals surface area contributed by atoms with E-state index < -0.39 is 23.4 Å². The Morgan fingerprint density at radius 3 is 2.50 bits per heavy atom. The molecule has 0 saturated heterocycles. The lowest BCUT2D eigenvalue weighted by molar-refractivity contribution is -0.273. The molecule has 4 nitrogen and oxygen atoms in total. The minimum absolute atomic E-state index is 0.151. The van der Waals surface area contributed by atoms with Gasteiger partial charge >= 0.3 is 6.18 Å². The summed E-state index contributed by atoms with van der Waals surface area (Å²) in [5.41, 5.74) is 1.69. The number of alkyl halides is 3. The Balaban J connectivity index is 3.27. The first-order valence-corrected chi connectivity index (χ1v) is 5.36. The van der Waals surface area contributed by atoms with Crippen LogP contribution < -0.4 is 10.5 Å². The molecular formula is C11H15F3N2O2. The summed E-state index contributed by atoms with van der Waals surface area (Å²) in [6, 6.07) is -0.441. The molecule has 1 aromatic rings. The molecular weight excluding hydrogens is 249 g/mol. The number of nitrogens with two attached hydrogens (primary N) is 1. The first kappa shape index (κ1) is 14.7. The van der Waals surface area contributed by atoms with Gasteiger partial charge < -0.3 is 15.6 Å². The van der Waals surface area contributed by atoms with Crippen LogP contribution in [0.25, 0.3) is 0 Å². The standard InChI is InChI=1S/C11H15F3N2O2/c1-3-18-9-4-8(5-16-6-9)10(17,7(2)15)11(12,13)14/h4-7,17H,3,15H2,1-2H3. The van der Waals surface area contributed by atoms with Crippen molar-refractivity contribution in [3.05, 3.63) is 24.0 Å². The number of hydrogen-bond donors (Lipinski definition) is 2. The first-order valence-electron chi connectivity index (χ1n) is 5.36. The summed E-state index contributed by atoms with van der Waals surface area (Å²) in [6.45, 7) is 3.06. The molecule has 3 N–H and O–H groups in total. The van der Waals surface area contributed by atoms with Gasteiger partial charge in [0.1, 0.15) is 5.75 Å². The van der Waals surface area contributed by atoms with E-state index in [1.165, 1.54) is 6.20 Å². The topological polar surface area (TPSA) is 68.4 Å². The summed E-state index contributed by atoms with van der Waals surface area (Å²) < 4.78 is 43.9. The summed E-state index contributed by atoms with van der Waals surface area (Å²) in [5, 5.41) is 9.84. The molecule has 0 amide bonds. The van der Waals surface area contributed by atoms with Crippen LogP contribution in [0.4, 0.5) is 13.2 Å². The highest BCUT2D eigenvalue weighted by atomic mass is 19.4. The summed E-state index contributed by atoms with van der Waals surface area (Å²) >= 11 is 0. The van der Waals surface area contributed by atoms with E-state index in [-0.39, 0.29) is 12.4 Å². The highest BCUT2D eigenvalue weighted by Crippen LogP contribution is 2.41. The molecule has 0 radical (unpaired) electrons. The van der Waals surface area contributed by atoms with Crippen LogP contribution in [-0.4, -0.2) is 28.9 Å². The molecule has 0 aromatic carbocycles.